The molecule has 5 aromatic rings. The number of pyridine rings is 2. The second-order valence-corrected chi connectivity index (χ2v) is 11.5. The van der Waals surface area contributed by atoms with Gasteiger partial charge < -0.3 is 20.4 Å². The van der Waals surface area contributed by atoms with Crippen molar-refractivity contribution in [2.45, 2.75) is 39.1 Å². The monoisotopic (exact) mass is 589 g/mol. The average Bonchev–Trinajstić information content (AvgIpc) is 3.43. The molecule has 3 aromatic heterocycles. The molecule has 0 aliphatic carbocycles. The topological polar surface area (TPSA) is 81.3 Å². The van der Waals surface area contributed by atoms with Gasteiger partial charge in [0.25, 0.3) is 0 Å². The van der Waals surface area contributed by atoms with E-state index in [0.717, 1.165) is 89.0 Å². The van der Waals surface area contributed by atoms with Crippen molar-refractivity contribution in [1.29, 1.82) is 0 Å². The summed E-state index contributed by atoms with van der Waals surface area (Å²) in [5.41, 5.74) is 8.81. The Morgan fingerprint density at radius 3 is 2.16 bits per heavy atom. The van der Waals surface area contributed by atoms with E-state index in [1.54, 1.807) is 7.11 Å². The number of ether oxygens (including phenoxy) is 1. The number of nitrogens with zero attached hydrogens (tertiary/aromatic N) is 4. The average molecular weight is 590 g/mol. The molecule has 0 amide bonds. The van der Waals surface area contributed by atoms with Gasteiger partial charge in [-0.25, -0.2) is 0 Å². The number of fused-ring (bicyclic) bond motifs is 3. The number of H-pyrrole nitrogens is 1. The maximum absolute atomic E-state index is 5.46. The first-order valence-electron chi connectivity index (χ1n) is 15.6. The quantitative estimate of drug-likeness (QED) is 0.150. The van der Waals surface area contributed by atoms with Gasteiger partial charge in [-0.2, -0.15) is 0 Å². The lowest BCUT2D eigenvalue weighted by atomic mass is 10.0. The molecule has 8 heteroatoms. The van der Waals surface area contributed by atoms with Crippen molar-refractivity contribution < 1.29 is 4.74 Å². The lowest BCUT2D eigenvalue weighted by Gasteiger charge is -2.27. The molecule has 0 atom stereocenters. The van der Waals surface area contributed by atoms with E-state index >= 15 is 0 Å². The predicted molar refractivity (Wildman–Crippen MR) is 176 cm³/mol. The van der Waals surface area contributed by atoms with Gasteiger partial charge in [-0.05, 0) is 65.6 Å². The van der Waals surface area contributed by atoms with Crippen LogP contribution in [-0.2, 0) is 39.1 Å². The third-order valence-corrected chi connectivity index (χ3v) is 8.37. The lowest BCUT2D eigenvalue weighted by molar-refractivity contribution is 0.243. The summed E-state index contributed by atoms with van der Waals surface area (Å²) in [4.78, 5) is 17.6. The van der Waals surface area contributed by atoms with Crippen LogP contribution in [0.4, 0.5) is 0 Å². The number of aromatic amines is 1. The van der Waals surface area contributed by atoms with Gasteiger partial charge in [0.15, 0.2) is 0 Å². The largest absolute Gasteiger partial charge is 0.497 e. The minimum absolute atomic E-state index is 0.784. The van der Waals surface area contributed by atoms with Crippen LogP contribution in [-0.4, -0.2) is 64.6 Å². The fourth-order valence-electron chi connectivity index (χ4n) is 5.99. The van der Waals surface area contributed by atoms with E-state index in [2.05, 4.69) is 83.9 Å². The fourth-order valence-corrected chi connectivity index (χ4v) is 5.99. The number of nitrogens with one attached hydrogen (secondary N) is 3. The second kappa shape index (κ2) is 15.1. The molecular formula is C36H43N7O. The van der Waals surface area contributed by atoms with Crippen molar-refractivity contribution in [3.05, 3.63) is 125 Å². The van der Waals surface area contributed by atoms with Gasteiger partial charge in [0.1, 0.15) is 5.75 Å². The molecule has 0 saturated heterocycles. The predicted octanol–water partition coefficient (Wildman–Crippen LogP) is 4.91. The number of rotatable bonds is 15. The summed E-state index contributed by atoms with van der Waals surface area (Å²) in [6, 6.07) is 27.6. The molecule has 228 valence electrons. The highest BCUT2D eigenvalue weighted by atomic mass is 16.5. The molecule has 0 radical (unpaired) electrons. The minimum Gasteiger partial charge on any atom is -0.497 e. The van der Waals surface area contributed by atoms with Gasteiger partial charge in [-0.1, -0.05) is 36.4 Å². The van der Waals surface area contributed by atoms with Crippen LogP contribution in [0.3, 0.4) is 0 Å². The number of hydrogen-bond acceptors (Lipinski definition) is 7. The van der Waals surface area contributed by atoms with Gasteiger partial charge in [-0.15, -0.1) is 0 Å². The van der Waals surface area contributed by atoms with Crippen molar-refractivity contribution in [1.82, 2.24) is 35.4 Å². The molecule has 0 unspecified atom stereocenters. The van der Waals surface area contributed by atoms with E-state index in [9.17, 15) is 0 Å². The van der Waals surface area contributed by atoms with Crippen molar-refractivity contribution in [3.8, 4) is 5.75 Å². The Hall–Kier alpha value is -4.08. The van der Waals surface area contributed by atoms with Crippen molar-refractivity contribution >= 4 is 10.9 Å². The molecule has 8 nitrogen and oxygen atoms in total. The summed E-state index contributed by atoms with van der Waals surface area (Å²) < 4.78 is 5.46. The van der Waals surface area contributed by atoms with Gasteiger partial charge in [0.2, 0.25) is 0 Å². The number of benzene rings is 2. The zero-order valence-corrected chi connectivity index (χ0v) is 25.6. The molecule has 1 aliphatic rings. The van der Waals surface area contributed by atoms with Crippen LogP contribution in [0, 0.1) is 0 Å². The molecule has 44 heavy (non-hydrogen) atoms. The van der Waals surface area contributed by atoms with Crippen LogP contribution in [0.1, 0.15) is 33.8 Å². The first kappa shape index (κ1) is 30.0. The summed E-state index contributed by atoms with van der Waals surface area (Å²) >= 11 is 0. The van der Waals surface area contributed by atoms with E-state index < -0.39 is 0 Å². The van der Waals surface area contributed by atoms with Gasteiger partial charge in [0.05, 0.1) is 18.5 Å². The highest BCUT2D eigenvalue weighted by molar-refractivity contribution is 5.86. The Morgan fingerprint density at radius 2 is 1.52 bits per heavy atom. The Morgan fingerprint density at radius 1 is 0.841 bits per heavy atom. The van der Waals surface area contributed by atoms with E-state index in [1.807, 2.05) is 42.7 Å². The number of methoxy groups -OCH3 is 1. The third-order valence-electron chi connectivity index (χ3n) is 8.37. The van der Waals surface area contributed by atoms with Crippen LogP contribution in [0.2, 0.25) is 0 Å². The van der Waals surface area contributed by atoms with Crippen LogP contribution in [0.25, 0.3) is 10.9 Å². The van der Waals surface area contributed by atoms with Gasteiger partial charge in [0, 0.05) is 94.4 Å². The first-order chi connectivity index (χ1) is 21.7. The fraction of sp³-hybridized carbons (Fsp3) is 0.333. The Kier molecular flexibility index (Phi) is 10.3. The summed E-state index contributed by atoms with van der Waals surface area (Å²) in [5.74, 6) is 0.918. The standard InChI is InChI=1S/C36H43N7O/c1-44-32-12-13-35-34(22-32)33-14-19-43(27-36(33)41-35)26-29-10-8-28(9-11-29)25-42(20-17-37-23-30-6-2-4-15-39-30)21-18-38-24-31-7-3-5-16-40-31/h2-13,15-16,22,37-38,41H,14,17-21,23-27H2,1H3. The summed E-state index contributed by atoms with van der Waals surface area (Å²) in [5, 5.41) is 8.42. The van der Waals surface area contributed by atoms with Gasteiger partial charge in [-0.3, -0.25) is 19.8 Å². The highest BCUT2D eigenvalue weighted by Crippen LogP contribution is 2.30. The number of aromatic nitrogens is 3. The molecule has 2 aromatic carbocycles. The molecule has 0 saturated carbocycles. The second-order valence-electron chi connectivity index (χ2n) is 11.5. The van der Waals surface area contributed by atoms with E-state index in [4.69, 9.17) is 4.74 Å². The Balaban J connectivity index is 1.02. The van der Waals surface area contributed by atoms with Crippen LogP contribution in [0.5, 0.6) is 5.75 Å². The van der Waals surface area contributed by atoms with E-state index in [1.165, 1.54) is 33.3 Å². The molecule has 0 spiro atoms. The van der Waals surface area contributed by atoms with Crippen LogP contribution in [0.15, 0.2) is 91.3 Å². The molecule has 0 fully saturated rings. The van der Waals surface area contributed by atoms with Crippen molar-refractivity contribution in [2.24, 2.45) is 0 Å². The maximum atomic E-state index is 5.46. The summed E-state index contributed by atoms with van der Waals surface area (Å²) in [6.07, 6.45) is 4.75. The molecule has 0 bridgehead atoms. The van der Waals surface area contributed by atoms with Crippen LogP contribution < -0.4 is 15.4 Å². The Labute approximate surface area is 260 Å². The summed E-state index contributed by atoms with van der Waals surface area (Å²) in [7, 11) is 1.73. The van der Waals surface area contributed by atoms with Crippen molar-refractivity contribution in [3.63, 3.8) is 0 Å². The smallest absolute Gasteiger partial charge is 0.119 e. The van der Waals surface area contributed by atoms with Crippen LogP contribution >= 0.6 is 0 Å². The van der Waals surface area contributed by atoms with E-state index in [0.29, 0.717) is 0 Å². The zero-order valence-electron chi connectivity index (χ0n) is 25.6. The maximum Gasteiger partial charge on any atom is 0.119 e. The highest BCUT2D eigenvalue weighted by Gasteiger charge is 2.21. The molecule has 4 heterocycles. The summed E-state index contributed by atoms with van der Waals surface area (Å²) in [6.45, 7) is 9.19. The third kappa shape index (κ3) is 8.09. The zero-order chi connectivity index (χ0) is 30.0. The van der Waals surface area contributed by atoms with Gasteiger partial charge >= 0.3 is 0 Å². The minimum atomic E-state index is 0.784. The van der Waals surface area contributed by atoms with E-state index in [-0.39, 0.29) is 0 Å². The SMILES string of the molecule is COc1ccc2[nH]c3c(c2c1)CCN(Cc1ccc(CN(CCNCc2ccccn2)CCNCc2ccccn2)cc1)C3. The molecule has 3 N–H and O–H groups in total. The normalized spacial score (nSPS) is 13.4. The Bertz CT molecular complexity index is 1540. The lowest BCUT2D eigenvalue weighted by Crippen LogP contribution is -2.36. The first-order valence-corrected chi connectivity index (χ1v) is 15.6. The number of hydrogen-bond donors (Lipinski definition) is 3. The van der Waals surface area contributed by atoms with Crippen molar-refractivity contribution in [2.75, 3.05) is 39.8 Å². The molecule has 6 rings (SSSR count). The molecular weight excluding hydrogens is 546 g/mol. The molecule has 1 aliphatic heterocycles.